The van der Waals surface area contributed by atoms with Crippen molar-refractivity contribution in [2.45, 2.75) is 38.0 Å². The highest BCUT2D eigenvalue weighted by molar-refractivity contribution is 9.10. The fraction of sp³-hybridized carbons (Fsp3) is 0.500. The molecule has 0 spiro atoms. The lowest BCUT2D eigenvalue weighted by molar-refractivity contribution is -0.129. The molecule has 1 aromatic carbocycles. The third-order valence-corrected chi connectivity index (χ3v) is 3.96. The van der Waals surface area contributed by atoms with Gasteiger partial charge < -0.3 is 0 Å². The monoisotopic (exact) mass is 334 g/mol. The molecular formula is C14H14BrF3O. The van der Waals surface area contributed by atoms with Crippen molar-refractivity contribution >= 4 is 21.7 Å². The van der Waals surface area contributed by atoms with E-state index in [1.807, 2.05) is 0 Å². The Kier molecular flexibility index (Phi) is 4.33. The van der Waals surface area contributed by atoms with E-state index in [9.17, 15) is 18.0 Å². The van der Waals surface area contributed by atoms with Crippen molar-refractivity contribution in [3.63, 3.8) is 0 Å². The van der Waals surface area contributed by atoms with Gasteiger partial charge in [0.2, 0.25) is 5.92 Å². The van der Waals surface area contributed by atoms with Crippen molar-refractivity contribution in [3.8, 4) is 0 Å². The van der Waals surface area contributed by atoms with Gasteiger partial charge in [0.25, 0.3) is 0 Å². The third-order valence-electron chi connectivity index (χ3n) is 3.47. The zero-order valence-electron chi connectivity index (χ0n) is 10.3. The summed E-state index contributed by atoms with van der Waals surface area (Å²) in [6.45, 7) is 0. The molecule has 0 bridgehead atoms. The highest BCUT2D eigenvalue weighted by Gasteiger charge is 2.38. The molecule has 1 atom stereocenters. The number of carbonyl (C=O) groups is 1. The van der Waals surface area contributed by atoms with E-state index in [-0.39, 0.29) is 24.2 Å². The van der Waals surface area contributed by atoms with Gasteiger partial charge in [0, 0.05) is 29.7 Å². The number of alkyl halides is 2. The predicted molar refractivity (Wildman–Crippen MR) is 69.7 cm³/mol. The maximum atomic E-state index is 13.5. The van der Waals surface area contributed by atoms with Crippen LogP contribution in [0.2, 0.25) is 0 Å². The van der Waals surface area contributed by atoms with Gasteiger partial charge in [-0.3, -0.25) is 4.79 Å². The lowest BCUT2D eigenvalue weighted by Crippen LogP contribution is -2.31. The maximum absolute atomic E-state index is 13.5. The molecule has 0 heterocycles. The summed E-state index contributed by atoms with van der Waals surface area (Å²) in [6, 6.07) is 4.33. The molecule has 104 valence electrons. The fourth-order valence-corrected chi connectivity index (χ4v) is 2.87. The summed E-state index contributed by atoms with van der Waals surface area (Å²) in [5.74, 6) is -4.17. The normalized spacial score (nSPS) is 22.2. The van der Waals surface area contributed by atoms with Crippen LogP contribution in [0, 0.1) is 11.7 Å². The second-order valence-corrected chi connectivity index (χ2v) is 5.94. The van der Waals surface area contributed by atoms with Crippen LogP contribution in [0.4, 0.5) is 13.2 Å². The van der Waals surface area contributed by atoms with Crippen LogP contribution in [0.15, 0.2) is 22.7 Å². The average molecular weight is 335 g/mol. The smallest absolute Gasteiger partial charge is 0.248 e. The second-order valence-electron chi connectivity index (χ2n) is 5.03. The predicted octanol–water partition coefficient (Wildman–Crippen LogP) is 4.53. The van der Waals surface area contributed by atoms with Crippen LogP contribution in [0.25, 0.3) is 0 Å². The molecule has 1 aliphatic carbocycles. The Morgan fingerprint density at radius 1 is 1.42 bits per heavy atom. The van der Waals surface area contributed by atoms with Crippen LogP contribution in [-0.2, 0) is 11.2 Å². The second kappa shape index (κ2) is 5.65. The molecule has 1 unspecified atom stereocenters. The minimum atomic E-state index is -2.76. The number of ketones is 1. The Hall–Kier alpha value is -0.840. The molecule has 1 nitrogen and oxygen atoms in total. The van der Waals surface area contributed by atoms with E-state index in [1.165, 1.54) is 18.2 Å². The Balaban J connectivity index is 2.06. The first-order valence-corrected chi connectivity index (χ1v) is 7.01. The molecule has 0 N–H and O–H groups in total. The molecule has 0 saturated heterocycles. The largest absolute Gasteiger partial charge is 0.299 e. The van der Waals surface area contributed by atoms with Gasteiger partial charge in [0.1, 0.15) is 11.6 Å². The molecule has 2 rings (SSSR count). The minimum absolute atomic E-state index is 0.119. The third kappa shape index (κ3) is 3.81. The first-order chi connectivity index (χ1) is 8.87. The summed E-state index contributed by atoms with van der Waals surface area (Å²) < 4.78 is 40.7. The van der Waals surface area contributed by atoms with Gasteiger partial charge >= 0.3 is 0 Å². The van der Waals surface area contributed by atoms with Gasteiger partial charge in [-0.25, -0.2) is 13.2 Å². The van der Waals surface area contributed by atoms with Crippen molar-refractivity contribution in [3.05, 3.63) is 34.1 Å². The zero-order chi connectivity index (χ0) is 14.0. The summed E-state index contributed by atoms with van der Waals surface area (Å²) in [7, 11) is 0. The summed E-state index contributed by atoms with van der Waals surface area (Å²) in [5.41, 5.74) is 0.258. The molecule has 0 radical (unpaired) electrons. The molecule has 5 heteroatoms. The highest BCUT2D eigenvalue weighted by Crippen LogP contribution is 2.37. The zero-order valence-corrected chi connectivity index (χ0v) is 11.9. The van der Waals surface area contributed by atoms with Gasteiger partial charge in [-0.05, 0) is 36.6 Å². The van der Waals surface area contributed by atoms with Gasteiger partial charge in [-0.1, -0.05) is 15.9 Å². The number of Topliss-reactive ketones (excluding diaryl/α,β-unsaturated/α-hetero) is 1. The van der Waals surface area contributed by atoms with Gasteiger partial charge in [-0.2, -0.15) is 0 Å². The van der Waals surface area contributed by atoms with Crippen molar-refractivity contribution < 1.29 is 18.0 Å². The van der Waals surface area contributed by atoms with E-state index >= 15 is 0 Å². The first kappa shape index (κ1) is 14.6. The van der Waals surface area contributed by atoms with Gasteiger partial charge in [-0.15, -0.1) is 0 Å². The van der Waals surface area contributed by atoms with Crippen LogP contribution in [0.3, 0.4) is 0 Å². The average Bonchev–Trinajstić information content (AvgIpc) is 2.32. The van der Waals surface area contributed by atoms with Crippen LogP contribution in [-0.4, -0.2) is 11.7 Å². The number of benzene rings is 1. The fourth-order valence-electron chi connectivity index (χ4n) is 2.46. The quantitative estimate of drug-likeness (QED) is 0.793. The molecule has 0 aliphatic heterocycles. The van der Waals surface area contributed by atoms with E-state index in [0.717, 1.165) is 0 Å². The lowest BCUT2D eigenvalue weighted by Gasteiger charge is -2.27. The molecule has 1 saturated carbocycles. The van der Waals surface area contributed by atoms with Crippen molar-refractivity contribution in [1.82, 2.24) is 0 Å². The Morgan fingerprint density at radius 2 is 2.16 bits per heavy atom. The number of halogens is 4. The minimum Gasteiger partial charge on any atom is -0.299 e. The van der Waals surface area contributed by atoms with E-state index in [2.05, 4.69) is 15.9 Å². The molecule has 0 amide bonds. The molecular weight excluding hydrogens is 321 g/mol. The molecule has 19 heavy (non-hydrogen) atoms. The Labute approximate surface area is 118 Å². The summed E-state index contributed by atoms with van der Waals surface area (Å²) in [5, 5.41) is 0. The Morgan fingerprint density at radius 3 is 2.84 bits per heavy atom. The number of rotatable bonds is 3. The standard InChI is InChI=1S/C14H14BrF3O/c15-11-3-4-12(16)10(6-11)7-13(19)9-2-1-5-14(17,18)8-9/h3-4,6,9H,1-2,5,7-8H2. The van der Waals surface area contributed by atoms with Crippen molar-refractivity contribution in [2.24, 2.45) is 5.92 Å². The maximum Gasteiger partial charge on any atom is 0.248 e. The van der Waals surface area contributed by atoms with E-state index < -0.39 is 24.1 Å². The molecule has 1 aromatic rings. The molecule has 1 fully saturated rings. The van der Waals surface area contributed by atoms with Gasteiger partial charge in [0.05, 0.1) is 0 Å². The topological polar surface area (TPSA) is 17.1 Å². The summed E-state index contributed by atoms with van der Waals surface area (Å²) >= 11 is 3.20. The van der Waals surface area contributed by atoms with E-state index in [4.69, 9.17) is 0 Å². The Bertz CT molecular complexity index is 488. The van der Waals surface area contributed by atoms with Crippen LogP contribution >= 0.6 is 15.9 Å². The van der Waals surface area contributed by atoms with Gasteiger partial charge in [0.15, 0.2) is 0 Å². The first-order valence-electron chi connectivity index (χ1n) is 6.22. The van der Waals surface area contributed by atoms with Crippen molar-refractivity contribution in [2.75, 3.05) is 0 Å². The van der Waals surface area contributed by atoms with Crippen LogP contribution in [0.5, 0.6) is 0 Å². The summed E-state index contributed by atoms with van der Waals surface area (Å²) in [4.78, 5) is 12.0. The SMILES string of the molecule is O=C(Cc1cc(Br)ccc1F)C1CCCC(F)(F)C1. The van der Waals surface area contributed by atoms with Crippen LogP contribution in [0.1, 0.15) is 31.2 Å². The van der Waals surface area contributed by atoms with E-state index in [0.29, 0.717) is 17.3 Å². The number of carbonyl (C=O) groups excluding carboxylic acids is 1. The van der Waals surface area contributed by atoms with Crippen molar-refractivity contribution in [1.29, 1.82) is 0 Å². The number of hydrogen-bond acceptors (Lipinski definition) is 1. The molecule has 1 aliphatic rings. The van der Waals surface area contributed by atoms with Crippen LogP contribution < -0.4 is 0 Å². The number of hydrogen-bond donors (Lipinski definition) is 0. The van der Waals surface area contributed by atoms with E-state index in [1.54, 1.807) is 0 Å². The molecule has 0 aromatic heterocycles. The lowest BCUT2D eigenvalue weighted by atomic mass is 9.82. The highest BCUT2D eigenvalue weighted by atomic mass is 79.9. The summed E-state index contributed by atoms with van der Waals surface area (Å²) in [6.07, 6.45) is 0.157.